The van der Waals surface area contributed by atoms with Crippen molar-refractivity contribution in [2.75, 3.05) is 13.1 Å². The van der Waals surface area contributed by atoms with E-state index < -0.39 is 0 Å². The van der Waals surface area contributed by atoms with Crippen molar-refractivity contribution in [1.29, 1.82) is 0 Å². The Labute approximate surface area is 77.2 Å². The number of hydrogen-bond donors (Lipinski definition) is 1. The van der Waals surface area contributed by atoms with Gasteiger partial charge < -0.3 is 5.32 Å². The minimum absolute atomic E-state index is 0.843. The molecule has 1 heteroatoms. The Bertz CT molecular complexity index is 121. The fourth-order valence-electron chi connectivity index (χ4n) is 1.01. The Kier molecular flexibility index (Phi) is 7.17. The summed E-state index contributed by atoms with van der Waals surface area (Å²) >= 11 is 0. The molecule has 12 heavy (non-hydrogen) atoms. The summed E-state index contributed by atoms with van der Waals surface area (Å²) in [4.78, 5) is 0. The van der Waals surface area contributed by atoms with E-state index in [0.717, 1.165) is 19.0 Å². The molecule has 72 valence electrons. The molecule has 0 unspecified atom stereocenters. The first-order chi connectivity index (χ1) is 5.63. The van der Waals surface area contributed by atoms with Crippen LogP contribution >= 0.6 is 0 Å². The van der Waals surface area contributed by atoms with E-state index in [1.165, 1.54) is 18.4 Å². The van der Waals surface area contributed by atoms with Crippen LogP contribution in [0.15, 0.2) is 11.6 Å². The quantitative estimate of drug-likeness (QED) is 0.476. The summed E-state index contributed by atoms with van der Waals surface area (Å²) in [6.45, 7) is 11.0. The van der Waals surface area contributed by atoms with Gasteiger partial charge in [0, 0.05) is 6.54 Å². The second kappa shape index (κ2) is 7.35. The molecule has 0 aromatic carbocycles. The molecule has 0 fully saturated rings. The number of nitrogens with one attached hydrogen (secondary N) is 1. The molecule has 0 aromatic rings. The minimum Gasteiger partial charge on any atom is -0.313 e. The van der Waals surface area contributed by atoms with Crippen LogP contribution in [0.25, 0.3) is 0 Å². The van der Waals surface area contributed by atoms with Gasteiger partial charge in [0.25, 0.3) is 0 Å². The van der Waals surface area contributed by atoms with Gasteiger partial charge in [-0.1, -0.05) is 25.5 Å². The first-order valence-corrected chi connectivity index (χ1v) is 4.97. The molecule has 0 bridgehead atoms. The predicted molar refractivity (Wildman–Crippen MR) is 56.4 cm³/mol. The molecule has 0 radical (unpaired) electrons. The Morgan fingerprint density at radius 3 is 2.50 bits per heavy atom. The lowest BCUT2D eigenvalue weighted by Crippen LogP contribution is -2.15. The second-order valence-electron chi connectivity index (χ2n) is 4.02. The highest BCUT2D eigenvalue weighted by Crippen LogP contribution is 2.01. The second-order valence-corrected chi connectivity index (χ2v) is 4.02. The van der Waals surface area contributed by atoms with Crippen LogP contribution in [0, 0.1) is 5.92 Å². The fourth-order valence-corrected chi connectivity index (χ4v) is 1.01. The summed E-state index contributed by atoms with van der Waals surface area (Å²) in [5.74, 6) is 0.843. The van der Waals surface area contributed by atoms with Crippen LogP contribution in [-0.2, 0) is 0 Å². The molecular weight excluding hydrogens is 146 g/mol. The zero-order valence-electron chi connectivity index (χ0n) is 8.98. The smallest absolute Gasteiger partial charge is 0.0137 e. The van der Waals surface area contributed by atoms with Crippen molar-refractivity contribution in [2.24, 2.45) is 5.92 Å². The molecule has 0 rings (SSSR count). The van der Waals surface area contributed by atoms with Crippen molar-refractivity contribution in [3.8, 4) is 0 Å². The summed E-state index contributed by atoms with van der Waals surface area (Å²) in [5, 5.41) is 3.40. The van der Waals surface area contributed by atoms with Crippen LogP contribution in [-0.4, -0.2) is 13.1 Å². The molecule has 0 saturated heterocycles. The fraction of sp³-hybridized carbons (Fsp3) is 0.818. The Balaban J connectivity index is 3.06. The monoisotopic (exact) mass is 169 g/mol. The largest absolute Gasteiger partial charge is 0.313 e. The van der Waals surface area contributed by atoms with Crippen LogP contribution < -0.4 is 5.32 Å². The molecule has 0 spiro atoms. The Morgan fingerprint density at radius 2 is 2.00 bits per heavy atom. The molecule has 0 aromatic heterocycles. The van der Waals surface area contributed by atoms with E-state index in [4.69, 9.17) is 0 Å². The highest BCUT2D eigenvalue weighted by atomic mass is 14.8. The molecule has 0 aliphatic carbocycles. The lowest BCUT2D eigenvalue weighted by molar-refractivity contribution is 0.537. The van der Waals surface area contributed by atoms with Crippen molar-refractivity contribution in [2.45, 2.75) is 40.5 Å². The van der Waals surface area contributed by atoms with Gasteiger partial charge in [-0.2, -0.15) is 0 Å². The van der Waals surface area contributed by atoms with Gasteiger partial charge in [0.2, 0.25) is 0 Å². The Hall–Kier alpha value is -0.300. The van der Waals surface area contributed by atoms with E-state index in [1.807, 2.05) is 0 Å². The topological polar surface area (TPSA) is 12.0 Å². The molecule has 0 atom stereocenters. The molecular formula is C11H23N. The summed E-state index contributed by atoms with van der Waals surface area (Å²) in [7, 11) is 0. The molecule has 0 amide bonds. The normalized spacial score (nSPS) is 10.4. The first kappa shape index (κ1) is 11.7. The maximum absolute atomic E-state index is 3.40. The van der Waals surface area contributed by atoms with Gasteiger partial charge in [-0.3, -0.25) is 0 Å². The number of rotatable bonds is 6. The summed E-state index contributed by atoms with van der Waals surface area (Å²) in [6.07, 6.45) is 4.87. The van der Waals surface area contributed by atoms with Gasteiger partial charge in [-0.05, 0) is 39.2 Å². The minimum atomic E-state index is 0.843. The zero-order chi connectivity index (χ0) is 9.40. The maximum atomic E-state index is 3.40. The Morgan fingerprint density at radius 1 is 1.33 bits per heavy atom. The van der Waals surface area contributed by atoms with Gasteiger partial charge in [-0.25, -0.2) is 0 Å². The van der Waals surface area contributed by atoms with Gasteiger partial charge in [0.05, 0.1) is 0 Å². The van der Waals surface area contributed by atoms with Gasteiger partial charge in [0.15, 0.2) is 0 Å². The van der Waals surface area contributed by atoms with E-state index in [0.29, 0.717) is 0 Å². The van der Waals surface area contributed by atoms with E-state index in [9.17, 15) is 0 Å². The van der Waals surface area contributed by atoms with Gasteiger partial charge >= 0.3 is 0 Å². The highest BCUT2D eigenvalue weighted by molar-refractivity contribution is 4.94. The lowest BCUT2D eigenvalue weighted by atomic mass is 10.1. The van der Waals surface area contributed by atoms with Crippen LogP contribution in [0.3, 0.4) is 0 Å². The van der Waals surface area contributed by atoms with Crippen molar-refractivity contribution in [1.82, 2.24) is 5.32 Å². The summed E-state index contributed by atoms with van der Waals surface area (Å²) in [5.41, 5.74) is 1.39. The zero-order valence-corrected chi connectivity index (χ0v) is 8.98. The van der Waals surface area contributed by atoms with E-state index >= 15 is 0 Å². The molecule has 0 aliphatic rings. The maximum Gasteiger partial charge on any atom is 0.0137 e. The molecule has 0 aliphatic heterocycles. The van der Waals surface area contributed by atoms with Crippen molar-refractivity contribution in [3.63, 3.8) is 0 Å². The summed E-state index contributed by atoms with van der Waals surface area (Å²) < 4.78 is 0. The van der Waals surface area contributed by atoms with Gasteiger partial charge in [-0.15, -0.1) is 0 Å². The standard InChI is InChI=1S/C11H23N/c1-10(2)6-5-8-12-9-7-11(3)4/h7,10,12H,5-6,8-9H2,1-4H3. The first-order valence-electron chi connectivity index (χ1n) is 4.97. The van der Waals surface area contributed by atoms with Crippen LogP contribution in [0.2, 0.25) is 0 Å². The predicted octanol–water partition coefficient (Wildman–Crippen LogP) is 2.98. The van der Waals surface area contributed by atoms with E-state index in [2.05, 4.69) is 39.1 Å². The number of allylic oxidation sites excluding steroid dienone is 1. The van der Waals surface area contributed by atoms with Crippen molar-refractivity contribution >= 4 is 0 Å². The third kappa shape index (κ3) is 9.70. The third-order valence-corrected chi connectivity index (χ3v) is 1.79. The van der Waals surface area contributed by atoms with Crippen LogP contribution in [0.5, 0.6) is 0 Å². The highest BCUT2D eigenvalue weighted by Gasteiger charge is 1.92. The third-order valence-electron chi connectivity index (χ3n) is 1.79. The van der Waals surface area contributed by atoms with Crippen molar-refractivity contribution < 1.29 is 0 Å². The molecule has 1 N–H and O–H groups in total. The van der Waals surface area contributed by atoms with Crippen LogP contribution in [0.4, 0.5) is 0 Å². The molecule has 0 heterocycles. The van der Waals surface area contributed by atoms with E-state index in [-0.39, 0.29) is 0 Å². The average molecular weight is 169 g/mol. The summed E-state index contributed by atoms with van der Waals surface area (Å²) in [6, 6.07) is 0. The SMILES string of the molecule is CC(C)=CCNCCCC(C)C. The molecule has 0 saturated carbocycles. The van der Waals surface area contributed by atoms with Crippen LogP contribution in [0.1, 0.15) is 40.5 Å². The lowest BCUT2D eigenvalue weighted by Gasteiger charge is -2.04. The van der Waals surface area contributed by atoms with Crippen molar-refractivity contribution in [3.05, 3.63) is 11.6 Å². The molecule has 1 nitrogen and oxygen atoms in total. The average Bonchev–Trinajstić information content (AvgIpc) is 1.95. The van der Waals surface area contributed by atoms with E-state index in [1.54, 1.807) is 0 Å². The van der Waals surface area contributed by atoms with Gasteiger partial charge in [0.1, 0.15) is 0 Å². The number of hydrogen-bond acceptors (Lipinski definition) is 1.